The lowest BCUT2D eigenvalue weighted by Crippen LogP contribution is -2.43. The minimum absolute atomic E-state index is 0.0196. The van der Waals surface area contributed by atoms with Crippen molar-refractivity contribution in [1.82, 2.24) is 5.32 Å². The van der Waals surface area contributed by atoms with Crippen LogP contribution >= 0.6 is 0 Å². The number of nitrogens with one attached hydrogen (secondary N) is 1. The standard InChI is InChI=1S/C8H15NO4/c10-1-2-13-7-3-6(8(11)12)4-9-5-7/h6-7,9-10H,1-5H2,(H,11,12). The molecule has 0 aromatic carbocycles. The van der Waals surface area contributed by atoms with Gasteiger partial charge in [-0.2, -0.15) is 0 Å². The summed E-state index contributed by atoms with van der Waals surface area (Å²) in [7, 11) is 0. The summed E-state index contributed by atoms with van der Waals surface area (Å²) < 4.78 is 5.24. The van der Waals surface area contributed by atoms with E-state index in [-0.39, 0.29) is 25.2 Å². The average Bonchev–Trinajstić information content (AvgIpc) is 2.15. The summed E-state index contributed by atoms with van der Waals surface area (Å²) in [6.45, 7) is 1.44. The van der Waals surface area contributed by atoms with Crippen molar-refractivity contribution in [2.75, 3.05) is 26.3 Å². The lowest BCUT2D eigenvalue weighted by atomic mass is 9.98. The first kappa shape index (κ1) is 10.4. The third kappa shape index (κ3) is 3.30. The molecule has 13 heavy (non-hydrogen) atoms. The van der Waals surface area contributed by atoms with Crippen molar-refractivity contribution in [3.05, 3.63) is 0 Å². The van der Waals surface area contributed by atoms with Crippen LogP contribution in [0.4, 0.5) is 0 Å². The summed E-state index contributed by atoms with van der Waals surface area (Å²) in [5, 5.41) is 20.2. The molecule has 1 heterocycles. The molecule has 0 spiro atoms. The van der Waals surface area contributed by atoms with Gasteiger partial charge < -0.3 is 20.3 Å². The predicted octanol–water partition coefficient (Wildman–Crippen LogP) is -0.942. The van der Waals surface area contributed by atoms with Crippen molar-refractivity contribution in [3.63, 3.8) is 0 Å². The Balaban J connectivity index is 2.29. The number of ether oxygens (including phenoxy) is 1. The second-order valence-electron chi connectivity index (χ2n) is 3.15. The molecule has 0 bridgehead atoms. The maximum Gasteiger partial charge on any atom is 0.307 e. The lowest BCUT2D eigenvalue weighted by molar-refractivity contribution is -0.144. The van der Waals surface area contributed by atoms with Crippen LogP contribution < -0.4 is 5.32 Å². The van der Waals surface area contributed by atoms with E-state index in [1.165, 1.54) is 0 Å². The zero-order valence-electron chi connectivity index (χ0n) is 7.40. The zero-order valence-corrected chi connectivity index (χ0v) is 7.40. The highest BCUT2D eigenvalue weighted by atomic mass is 16.5. The van der Waals surface area contributed by atoms with Crippen LogP contribution in [0.15, 0.2) is 0 Å². The molecule has 1 fully saturated rings. The normalized spacial score (nSPS) is 28.7. The van der Waals surface area contributed by atoms with Crippen molar-refractivity contribution >= 4 is 5.97 Å². The number of rotatable bonds is 4. The topological polar surface area (TPSA) is 78.8 Å². The zero-order chi connectivity index (χ0) is 9.68. The lowest BCUT2D eigenvalue weighted by Gasteiger charge is -2.27. The number of hydrogen-bond donors (Lipinski definition) is 3. The van der Waals surface area contributed by atoms with Gasteiger partial charge in [-0.15, -0.1) is 0 Å². The predicted molar refractivity (Wildman–Crippen MR) is 45.4 cm³/mol. The van der Waals surface area contributed by atoms with Crippen LogP contribution in [-0.2, 0) is 9.53 Å². The SMILES string of the molecule is O=C(O)C1CNCC(OCCO)C1. The fraction of sp³-hybridized carbons (Fsp3) is 0.875. The number of aliphatic hydroxyl groups excluding tert-OH is 1. The molecular formula is C8H15NO4. The number of piperidine rings is 1. The number of carboxylic acids is 1. The molecule has 2 unspecified atom stereocenters. The van der Waals surface area contributed by atoms with Gasteiger partial charge in [-0.05, 0) is 6.42 Å². The summed E-state index contributed by atoms with van der Waals surface area (Å²) >= 11 is 0. The van der Waals surface area contributed by atoms with Gasteiger partial charge in [0, 0.05) is 13.1 Å². The van der Waals surface area contributed by atoms with Gasteiger partial charge in [0.25, 0.3) is 0 Å². The molecule has 5 heteroatoms. The molecular weight excluding hydrogens is 174 g/mol. The van der Waals surface area contributed by atoms with Crippen molar-refractivity contribution in [3.8, 4) is 0 Å². The Labute approximate surface area is 76.7 Å². The summed E-state index contributed by atoms with van der Waals surface area (Å²) in [6.07, 6.45) is 0.449. The summed E-state index contributed by atoms with van der Waals surface area (Å²) in [5.74, 6) is -1.15. The Hall–Kier alpha value is -0.650. The van der Waals surface area contributed by atoms with Gasteiger partial charge in [0.05, 0.1) is 25.2 Å². The molecule has 76 valence electrons. The van der Waals surface area contributed by atoms with Crippen LogP contribution in [-0.4, -0.2) is 48.6 Å². The molecule has 0 aliphatic carbocycles. The van der Waals surface area contributed by atoms with Gasteiger partial charge in [-0.25, -0.2) is 0 Å². The highest BCUT2D eigenvalue weighted by Gasteiger charge is 2.26. The second-order valence-corrected chi connectivity index (χ2v) is 3.15. The fourth-order valence-electron chi connectivity index (χ4n) is 1.44. The molecule has 0 amide bonds. The van der Waals surface area contributed by atoms with Crippen molar-refractivity contribution in [2.24, 2.45) is 5.92 Å². The summed E-state index contributed by atoms with van der Waals surface area (Å²) in [5.41, 5.74) is 0. The molecule has 1 aliphatic heterocycles. The fourth-order valence-corrected chi connectivity index (χ4v) is 1.44. The molecule has 1 rings (SSSR count). The van der Waals surface area contributed by atoms with Gasteiger partial charge >= 0.3 is 5.97 Å². The van der Waals surface area contributed by atoms with Gasteiger partial charge in [-0.3, -0.25) is 4.79 Å². The van der Waals surface area contributed by atoms with E-state index in [4.69, 9.17) is 14.9 Å². The van der Waals surface area contributed by atoms with E-state index < -0.39 is 5.97 Å². The summed E-state index contributed by atoms with van der Waals surface area (Å²) in [6, 6.07) is 0. The Morgan fingerprint density at radius 3 is 2.92 bits per heavy atom. The molecule has 5 nitrogen and oxygen atoms in total. The number of aliphatic hydroxyl groups is 1. The smallest absolute Gasteiger partial charge is 0.307 e. The van der Waals surface area contributed by atoms with Crippen LogP contribution in [0.2, 0.25) is 0 Å². The quantitative estimate of drug-likeness (QED) is 0.532. The number of aliphatic carboxylic acids is 1. The van der Waals surface area contributed by atoms with Crippen molar-refractivity contribution < 1.29 is 19.7 Å². The van der Waals surface area contributed by atoms with Gasteiger partial charge in [0.15, 0.2) is 0 Å². The van der Waals surface area contributed by atoms with E-state index in [0.29, 0.717) is 19.5 Å². The van der Waals surface area contributed by atoms with E-state index >= 15 is 0 Å². The monoisotopic (exact) mass is 189 g/mol. The molecule has 3 N–H and O–H groups in total. The highest BCUT2D eigenvalue weighted by molar-refractivity contribution is 5.70. The minimum Gasteiger partial charge on any atom is -0.481 e. The third-order valence-corrected chi connectivity index (χ3v) is 2.10. The van der Waals surface area contributed by atoms with E-state index in [1.807, 2.05) is 0 Å². The molecule has 2 atom stereocenters. The molecule has 0 saturated carbocycles. The van der Waals surface area contributed by atoms with E-state index in [2.05, 4.69) is 5.32 Å². The molecule has 0 radical (unpaired) electrons. The largest absolute Gasteiger partial charge is 0.481 e. The van der Waals surface area contributed by atoms with Crippen LogP contribution in [0.3, 0.4) is 0 Å². The van der Waals surface area contributed by atoms with Crippen LogP contribution in [0, 0.1) is 5.92 Å². The first-order chi connectivity index (χ1) is 6.24. The molecule has 0 aromatic heterocycles. The third-order valence-electron chi connectivity index (χ3n) is 2.10. The number of carboxylic acid groups (broad SMARTS) is 1. The van der Waals surface area contributed by atoms with E-state index in [1.54, 1.807) is 0 Å². The second kappa shape index (κ2) is 5.16. The van der Waals surface area contributed by atoms with Crippen LogP contribution in [0.1, 0.15) is 6.42 Å². The molecule has 1 saturated heterocycles. The Kier molecular flexibility index (Phi) is 4.14. The minimum atomic E-state index is -0.787. The number of carbonyl (C=O) groups is 1. The van der Waals surface area contributed by atoms with Crippen LogP contribution in [0.25, 0.3) is 0 Å². The van der Waals surface area contributed by atoms with Crippen LogP contribution in [0.5, 0.6) is 0 Å². The first-order valence-corrected chi connectivity index (χ1v) is 4.40. The Bertz CT molecular complexity index is 174. The van der Waals surface area contributed by atoms with Gasteiger partial charge in [0.2, 0.25) is 0 Å². The Morgan fingerprint density at radius 2 is 2.31 bits per heavy atom. The average molecular weight is 189 g/mol. The maximum absolute atomic E-state index is 10.6. The van der Waals surface area contributed by atoms with Crippen molar-refractivity contribution in [2.45, 2.75) is 12.5 Å². The van der Waals surface area contributed by atoms with E-state index in [9.17, 15) is 4.79 Å². The molecule has 0 aromatic rings. The maximum atomic E-state index is 10.6. The van der Waals surface area contributed by atoms with Crippen molar-refractivity contribution in [1.29, 1.82) is 0 Å². The molecule has 1 aliphatic rings. The van der Waals surface area contributed by atoms with Gasteiger partial charge in [-0.1, -0.05) is 0 Å². The summed E-state index contributed by atoms with van der Waals surface area (Å²) in [4.78, 5) is 10.6. The van der Waals surface area contributed by atoms with E-state index in [0.717, 1.165) is 0 Å². The Morgan fingerprint density at radius 1 is 1.54 bits per heavy atom. The van der Waals surface area contributed by atoms with Gasteiger partial charge in [0.1, 0.15) is 0 Å². The number of hydrogen-bond acceptors (Lipinski definition) is 4. The highest BCUT2D eigenvalue weighted by Crippen LogP contribution is 2.13. The first-order valence-electron chi connectivity index (χ1n) is 4.40.